The molecule has 1 heterocycles. The number of hydrogen-bond donors (Lipinski definition) is 1. The topological polar surface area (TPSA) is 59.8 Å². The average Bonchev–Trinajstić information content (AvgIpc) is 3.10. The highest BCUT2D eigenvalue weighted by molar-refractivity contribution is 7.98. The quantitative estimate of drug-likeness (QED) is 0.463. The van der Waals surface area contributed by atoms with Crippen LogP contribution in [0.2, 0.25) is 5.02 Å². The molecule has 1 amide bonds. The molecule has 1 aromatic heterocycles. The molecule has 0 bridgehead atoms. The maximum Gasteiger partial charge on any atom is 0.251 e. The fraction of sp³-hybridized carbons (Fsp3) is 0.318. The number of carbonyl (C=O) groups excluding carboxylic acids is 1. The molecule has 0 saturated carbocycles. The highest BCUT2D eigenvalue weighted by atomic mass is 35.5. The molecule has 0 aliphatic heterocycles. The summed E-state index contributed by atoms with van der Waals surface area (Å²) in [6.07, 6.45) is 0. The molecule has 2 aromatic carbocycles. The SMILES string of the molecule is CC(C)Cn1c(SCc2c(F)cccc2Cl)nnc1[C@H](C)NC(=O)c1ccccc1. The van der Waals surface area contributed by atoms with E-state index >= 15 is 0 Å². The van der Waals surface area contributed by atoms with Crippen LogP contribution in [-0.4, -0.2) is 20.7 Å². The van der Waals surface area contributed by atoms with Crippen LogP contribution < -0.4 is 5.32 Å². The van der Waals surface area contributed by atoms with Crippen molar-refractivity contribution in [1.29, 1.82) is 0 Å². The van der Waals surface area contributed by atoms with Gasteiger partial charge in [0.15, 0.2) is 11.0 Å². The molecule has 0 saturated heterocycles. The van der Waals surface area contributed by atoms with Gasteiger partial charge in [0.25, 0.3) is 5.91 Å². The lowest BCUT2D eigenvalue weighted by Crippen LogP contribution is -2.29. The fourth-order valence-electron chi connectivity index (χ4n) is 3.00. The molecule has 1 atom stereocenters. The van der Waals surface area contributed by atoms with Crippen molar-refractivity contribution in [3.05, 3.63) is 76.3 Å². The van der Waals surface area contributed by atoms with E-state index in [9.17, 15) is 9.18 Å². The van der Waals surface area contributed by atoms with Gasteiger partial charge in [0.1, 0.15) is 5.82 Å². The van der Waals surface area contributed by atoms with Gasteiger partial charge in [-0.2, -0.15) is 0 Å². The highest BCUT2D eigenvalue weighted by Crippen LogP contribution is 2.29. The van der Waals surface area contributed by atoms with Crippen LogP contribution in [0.4, 0.5) is 4.39 Å². The molecular weight excluding hydrogens is 423 g/mol. The number of nitrogens with zero attached hydrogens (tertiary/aromatic N) is 3. The summed E-state index contributed by atoms with van der Waals surface area (Å²) in [5.41, 5.74) is 1.03. The van der Waals surface area contributed by atoms with Crippen molar-refractivity contribution in [3.8, 4) is 0 Å². The van der Waals surface area contributed by atoms with Crippen LogP contribution in [0.1, 0.15) is 48.6 Å². The monoisotopic (exact) mass is 446 g/mol. The number of thioether (sulfide) groups is 1. The van der Waals surface area contributed by atoms with Crippen molar-refractivity contribution in [2.24, 2.45) is 5.92 Å². The summed E-state index contributed by atoms with van der Waals surface area (Å²) in [7, 11) is 0. The third-order valence-corrected chi connectivity index (χ3v) is 5.82. The van der Waals surface area contributed by atoms with Gasteiger partial charge in [0.2, 0.25) is 0 Å². The van der Waals surface area contributed by atoms with Gasteiger partial charge in [-0.1, -0.05) is 61.5 Å². The van der Waals surface area contributed by atoms with E-state index < -0.39 is 0 Å². The smallest absolute Gasteiger partial charge is 0.251 e. The lowest BCUT2D eigenvalue weighted by atomic mass is 10.2. The zero-order valence-corrected chi connectivity index (χ0v) is 18.7. The molecule has 8 heteroatoms. The summed E-state index contributed by atoms with van der Waals surface area (Å²) in [6, 6.07) is 13.4. The first kappa shape index (κ1) is 22.3. The van der Waals surface area contributed by atoms with E-state index in [0.717, 1.165) is 0 Å². The van der Waals surface area contributed by atoms with Crippen LogP contribution >= 0.6 is 23.4 Å². The average molecular weight is 447 g/mol. The van der Waals surface area contributed by atoms with Gasteiger partial charge in [-0.3, -0.25) is 4.79 Å². The first-order valence-electron chi connectivity index (χ1n) is 9.71. The third kappa shape index (κ3) is 5.40. The van der Waals surface area contributed by atoms with Gasteiger partial charge in [0.05, 0.1) is 6.04 Å². The van der Waals surface area contributed by atoms with Gasteiger partial charge >= 0.3 is 0 Å². The standard InChI is InChI=1S/C22H24ClFN4OS/c1-14(2)12-28-20(15(3)25-21(29)16-8-5-4-6-9-16)26-27-22(28)30-13-17-18(23)10-7-11-19(17)24/h4-11,14-15H,12-13H2,1-3H3,(H,25,29)/t15-/m0/s1. The molecule has 0 aliphatic rings. The Morgan fingerprint density at radius 3 is 2.53 bits per heavy atom. The summed E-state index contributed by atoms with van der Waals surface area (Å²) >= 11 is 7.52. The van der Waals surface area contributed by atoms with E-state index in [0.29, 0.717) is 45.3 Å². The first-order valence-corrected chi connectivity index (χ1v) is 11.1. The number of rotatable bonds is 8. The number of benzene rings is 2. The molecule has 0 spiro atoms. The van der Waals surface area contributed by atoms with Gasteiger partial charge in [-0.15, -0.1) is 10.2 Å². The number of amides is 1. The Bertz CT molecular complexity index is 989. The highest BCUT2D eigenvalue weighted by Gasteiger charge is 2.21. The second-order valence-corrected chi connectivity index (χ2v) is 8.74. The molecule has 158 valence electrons. The Labute approximate surface area is 185 Å². The molecule has 30 heavy (non-hydrogen) atoms. The van der Waals surface area contributed by atoms with Crippen molar-refractivity contribution >= 4 is 29.3 Å². The molecule has 3 aromatic rings. The molecule has 0 aliphatic carbocycles. The van der Waals surface area contributed by atoms with E-state index in [1.807, 2.05) is 29.7 Å². The van der Waals surface area contributed by atoms with Gasteiger partial charge in [0, 0.05) is 28.4 Å². The van der Waals surface area contributed by atoms with Crippen molar-refractivity contribution in [1.82, 2.24) is 20.1 Å². The zero-order valence-electron chi connectivity index (χ0n) is 17.1. The fourth-order valence-corrected chi connectivity index (χ4v) is 4.30. The number of aromatic nitrogens is 3. The Kier molecular flexibility index (Phi) is 7.50. The van der Waals surface area contributed by atoms with Crippen molar-refractivity contribution in [2.45, 2.75) is 44.3 Å². The predicted molar refractivity (Wildman–Crippen MR) is 118 cm³/mol. The third-order valence-electron chi connectivity index (χ3n) is 4.47. The number of carbonyl (C=O) groups is 1. The van der Waals surface area contributed by atoms with Crippen LogP contribution in [0.15, 0.2) is 53.7 Å². The van der Waals surface area contributed by atoms with Crippen molar-refractivity contribution < 1.29 is 9.18 Å². The largest absolute Gasteiger partial charge is 0.342 e. The second-order valence-electron chi connectivity index (χ2n) is 7.40. The molecule has 1 N–H and O–H groups in total. The molecule has 0 radical (unpaired) electrons. The maximum atomic E-state index is 14.1. The molecule has 0 fully saturated rings. The van der Waals surface area contributed by atoms with Crippen LogP contribution in [0.25, 0.3) is 0 Å². The minimum atomic E-state index is -0.339. The Hall–Kier alpha value is -2.38. The number of nitrogens with one attached hydrogen (secondary N) is 1. The molecular formula is C22H24ClFN4OS. The lowest BCUT2D eigenvalue weighted by Gasteiger charge is -2.17. The summed E-state index contributed by atoms with van der Waals surface area (Å²) < 4.78 is 16.1. The van der Waals surface area contributed by atoms with E-state index in [-0.39, 0.29) is 17.8 Å². The van der Waals surface area contributed by atoms with Crippen LogP contribution in [-0.2, 0) is 12.3 Å². The zero-order chi connectivity index (χ0) is 21.7. The second kappa shape index (κ2) is 10.1. The van der Waals surface area contributed by atoms with Crippen molar-refractivity contribution in [2.75, 3.05) is 0 Å². The normalized spacial score (nSPS) is 12.2. The number of hydrogen-bond acceptors (Lipinski definition) is 4. The maximum absolute atomic E-state index is 14.1. The summed E-state index contributed by atoms with van der Waals surface area (Å²) in [6.45, 7) is 6.75. The van der Waals surface area contributed by atoms with E-state index in [1.54, 1.807) is 24.3 Å². The van der Waals surface area contributed by atoms with Crippen LogP contribution in [0.3, 0.4) is 0 Å². The Morgan fingerprint density at radius 2 is 1.87 bits per heavy atom. The van der Waals surface area contributed by atoms with E-state index in [4.69, 9.17) is 11.6 Å². The van der Waals surface area contributed by atoms with Crippen molar-refractivity contribution in [3.63, 3.8) is 0 Å². The van der Waals surface area contributed by atoms with E-state index in [2.05, 4.69) is 29.4 Å². The Morgan fingerprint density at radius 1 is 1.13 bits per heavy atom. The number of halogens is 2. The van der Waals surface area contributed by atoms with Gasteiger partial charge in [-0.25, -0.2) is 4.39 Å². The molecule has 3 rings (SSSR count). The Balaban J connectivity index is 1.80. The minimum Gasteiger partial charge on any atom is -0.342 e. The van der Waals surface area contributed by atoms with Gasteiger partial charge < -0.3 is 9.88 Å². The minimum absolute atomic E-state index is 0.172. The molecule has 0 unspecified atom stereocenters. The van der Waals surface area contributed by atoms with Crippen LogP contribution in [0.5, 0.6) is 0 Å². The first-order chi connectivity index (χ1) is 14.4. The summed E-state index contributed by atoms with van der Waals surface area (Å²) in [4.78, 5) is 12.5. The van der Waals surface area contributed by atoms with Gasteiger partial charge in [-0.05, 0) is 37.1 Å². The summed E-state index contributed by atoms with van der Waals surface area (Å²) in [5, 5.41) is 12.7. The van der Waals surface area contributed by atoms with E-state index in [1.165, 1.54) is 17.8 Å². The summed E-state index contributed by atoms with van der Waals surface area (Å²) in [5.74, 6) is 0.832. The molecule has 5 nitrogen and oxygen atoms in total. The van der Waals surface area contributed by atoms with Crippen LogP contribution in [0, 0.1) is 11.7 Å². The predicted octanol–water partition coefficient (Wildman–Crippen LogP) is 5.51. The lowest BCUT2D eigenvalue weighted by molar-refractivity contribution is 0.0937.